The summed E-state index contributed by atoms with van der Waals surface area (Å²) < 4.78 is 0. The van der Waals surface area contributed by atoms with Crippen LogP contribution in [-0.4, -0.2) is 44.8 Å². The number of rotatable bonds is 8. The average Bonchev–Trinajstić information content (AvgIpc) is 2.37. The van der Waals surface area contributed by atoms with Crippen LogP contribution in [-0.2, 0) is 0 Å². The summed E-state index contributed by atoms with van der Waals surface area (Å²) in [4.78, 5) is 0. The first kappa shape index (κ1) is 16.8. The number of aliphatic hydroxyl groups is 4. The fourth-order valence-electron chi connectivity index (χ4n) is 2.75. The van der Waals surface area contributed by atoms with E-state index < -0.39 is 29.8 Å². The molecular formula is C13H28O4. The van der Waals surface area contributed by atoms with E-state index in [9.17, 15) is 20.4 Å². The molecular weight excluding hydrogens is 220 g/mol. The van der Waals surface area contributed by atoms with Gasteiger partial charge in [0.15, 0.2) is 0 Å². The van der Waals surface area contributed by atoms with Gasteiger partial charge in [0.1, 0.15) is 0 Å². The van der Waals surface area contributed by atoms with E-state index in [1.165, 1.54) is 0 Å². The van der Waals surface area contributed by atoms with Gasteiger partial charge in [-0.1, -0.05) is 27.7 Å². The van der Waals surface area contributed by atoms with Crippen molar-refractivity contribution in [2.75, 3.05) is 0 Å². The lowest BCUT2D eigenvalue weighted by Gasteiger charge is -2.47. The third kappa shape index (κ3) is 2.99. The summed E-state index contributed by atoms with van der Waals surface area (Å²) in [5, 5.41) is 40.8. The third-order valence-corrected chi connectivity index (χ3v) is 3.86. The van der Waals surface area contributed by atoms with Crippen molar-refractivity contribution in [1.82, 2.24) is 0 Å². The summed E-state index contributed by atoms with van der Waals surface area (Å²) in [6.45, 7) is 7.14. The fourth-order valence-corrected chi connectivity index (χ4v) is 2.75. The molecule has 4 N–H and O–H groups in total. The van der Waals surface area contributed by atoms with Gasteiger partial charge >= 0.3 is 0 Å². The van der Waals surface area contributed by atoms with Crippen LogP contribution in [0.15, 0.2) is 0 Å². The first-order valence-electron chi connectivity index (χ1n) is 6.65. The Labute approximate surface area is 104 Å². The minimum atomic E-state index is -1.24. The highest BCUT2D eigenvalue weighted by Gasteiger charge is 2.52. The lowest BCUT2D eigenvalue weighted by atomic mass is 9.65. The van der Waals surface area contributed by atoms with E-state index in [4.69, 9.17) is 0 Å². The smallest absolute Gasteiger partial charge is 0.0739 e. The molecule has 4 atom stereocenters. The second-order valence-electron chi connectivity index (χ2n) is 4.70. The normalized spacial score (nSPS) is 22.6. The average molecular weight is 248 g/mol. The van der Waals surface area contributed by atoms with Crippen LogP contribution in [0.2, 0.25) is 0 Å². The van der Waals surface area contributed by atoms with E-state index in [2.05, 4.69) is 0 Å². The molecule has 0 aromatic heterocycles. The predicted molar refractivity (Wildman–Crippen MR) is 67.6 cm³/mol. The Morgan fingerprint density at radius 3 is 0.882 bits per heavy atom. The quantitative estimate of drug-likeness (QED) is 0.518. The first-order chi connectivity index (χ1) is 7.93. The molecule has 4 unspecified atom stereocenters. The maximum absolute atomic E-state index is 10.2. The zero-order valence-corrected chi connectivity index (χ0v) is 11.4. The molecule has 0 aliphatic carbocycles. The van der Waals surface area contributed by atoms with Crippen molar-refractivity contribution in [1.29, 1.82) is 0 Å². The zero-order valence-electron chi connectivity index (χ0n) is 11.4. The van der Waals surface area contributed by atoms with E-state index >= 15 is 0 Å². The van der Waals surface area contributed by atoms with Gasteiger partial charge < -0.3 is 20.4 Å². The molecule has 0 saturated carbocycles. The van der Waals surface area contributed by atoms with Gasteiger partial charge in [0.05, 0.1) is 29.8 Å². The van der Waals surface area contributed by atoms with Crippen molar-refractivity contribution < 1.29 is 20.4 Å². The van der Waals surface area contributed by atoms with Gasteiger partial charge in [-0.05, 0) is 25.7 Å². The summed E-state index contributed by atoms with van der Waals surface area (Å²) in [6.07, 6.45) is -2.08. The summed E-state index contributed by atoms with van der Waals surface area (Å²) in [5.74, 6) is 0. The van der Waals surface area contributed by atoms with Crippen LogP contribution in [0.25, 0.3) is 0 Å². The topological polar surface area (TPSA) is 80.9 Å². The molecule has 0 amide bonds. The highest BCUT2D eigenvalue weighted by Crippen LogP contribution is 2.40. The summed E-state index contributed by atoms with van der Waals surface area (Å²) in [6, 6.07) is 0. The van der Waals surface area contributed by atoms with Crippen molar-refractivity contribution >= 4 is 0 Å². The summed E-state index contributed by atoms with van der Waals surface area (Å²) in [5.41, 5.74) is -1.24. The second-order valence-corrected chi connectivity index (χ2v) is 4.70. The van der Waals surface area contributed by atoms with Gasteiger partial charge in [0, 0.05) is 0 Å². The van der Waals surface area contributed by atoms with Crippen molar-refractivity contribution in [2.24, 2.45) is 5.41 Å². The van der Waals surface area contributed by atoms with Gasteiger partial charge in [-0.3, -0.25) is 0 Å². The molecule has 0 aromatic rings. The lowest BCUT2D eigenvalue weighted by molar-refractivity contribution is -0.196. The van der Waals surface area contributed by atoms with E-state index in [1.807, 2.05) is 0 Å². The lowest BCUT2D eigenvalue weighted by Crippen LogP contribution is -2.60. The van der Waals surface area contributed by atoms with Gasteiger partial charge in [-0.15, -0.1) is 0 Å². The second kappa shape index (κ2) is 7.31. The Balaban J connectivity index is 5.51. The molecule has 0 aliphatic rings. The Bertz CT molecular complexity index is 162. The zero-order chi connectivity index (χ0) is 13.6. The molecule has 0 aliphatic heterocycles. The molecule has 0 fully saturated rings. The predicted octanol–water partition coefficient (Wildman–Crippen LogP) is 1.06. The first-order valence-corrected chi connectivity index (χ1v) is 6.65. The highest BCUT2D eigenvalue weighted by molar-refractivity contribution is 5.01. The fraction of sp³-hybridized carbons (Fsp3) is 1.00. The molecule has 17 heavy (non-hydrogen) atoms. The van der Waals surface area contributed by atoms with E-state index in [1.54, 1.807) is 27.7 Å². The van der Waals surface area contributed by atoms with Crippen LogP contribution in [0.5, 0.6) is 0 Å². The molecule has 0 spiro atoms. The maximum Gasteiger partial charge on any atom is 0.0739 e. The minimum Gasteiger partial charge on any atom is -0.392 e. The Morgan fingerprint density at radius 2 is 0.765 bits per heavy atom. The summed E-state index contributed by atoms with van der Waals surface area (Å²) in [7, 11) is 0. The number of hydrogen-bond acceptors (Lipinski definition) is 4. The summed E-state index contributed by atoms with van der Waals surface area (Å²) >= 11 is 0. The maximum atomic E-state index is 10.2. The SMILES string of the molecule is CCC(O)C(C(O)CC)(C(O)CC)C(O)CC. The monoisotopic (exact) mass is 248 g/mol. The Morgan fingerprint density at radius 1 is 0.588 bits per heavy atom. The van der Waals surface area contributed by atoms with Gasteiger partial charge in [-0.25, -0.2) is 0 Å². The van der Waals surface area contributed by atoms with Crippen molar-refractivity contribution in [3.8, 4) is 0 Å². The van der Waals surface area contributed by atoms with Gasteiger partial charge in [0.2, 0.25) is 0 Å². The van der Waals surface area contributed by atoms with Crippen LogP contribution < -0.4 is 0 Å². The molecule has 4 heteroatoms. The largest absolute Gasteiger partial charge is 0.392 e. The molecule has 0 radical (unpaired) electrons. The van der Waals surface area contributed by atoms with Gasteiger partial charge in [0.25, 0.3) is 0 Å². The molecule has 0 rings (SSSR count). The highest BCUT2D eigenvalue weighted by atomic mass is 16.3. The Hall–Kier alpha value is -0.160. The van der Waals surface area contributed by atoms with Crippen molar-refractivity contribution in [3.63, 3.8) is 0 Å². The van der Waals surface area contributed by atoms with Crippen LogP contribution in [0.3, 0.4) is 0 Å². The van der Waals surface area contributed by atoms with Gasteiger partial charge in [-0.2, -0.15) is 0 Å². The molecule has 104 valence electrons. The molecule has 0 heterocycles. The van der Waals surface area contributed by atoms with Crippen molar-refractivity contribution in [2.45, 2.75) is 77.8 Å². The Kier molecular flexibility index (Phi) is 7.24. The van der Waals surface area contributed by atoms with Crippen LogP contribution in [0.1, 0.15) is 53.4 Å². The standard InChI is InChI=1S/C13H28O4/c1-5-9(14)13(10(15)6-2,11(16)7-3)12(17)8-4/h9-12,14-17H,5-8H2,1-4H3. The van der Waals surface area contributed by atoms with Crippen LogP contribution in [0, 0.1) is 5.41 Å². The molecule has 0 saturated heterocycles. The minimum absolute atomic E-state index is 0.394. The number of hydrogen-bond donors (Lipinski definition) is 4. The van der Waals surface area contributed by atoms with Crippen LogP contribution in [0.4, 0.5) is 0 Å². The van der Waals surface area contributed by atoms with E-state index in [0.717, 1.165) is 0 Å². The van der Waals surface area contributed by atoms with Crippen molar-refractivity contribution in [3.05, 3.63) is 0 Å². The number of aliphatic hydroxyl groups excluding tert-OH is 4. The molecule has 4 nitrogen and oxygen atoms in total. The van der Waals surface area contributed by atoms with E-state index in [0.29, 0.717) is 25.7 Å². The molecule has 0 aromatic carbocycles. The van der Waals surface area contributed by atoms with E-state index in [-0.39, 0.29) is 0 Å². The van der Waals surface area contributed by atoms with Crippen LogP contribution >= 0.6 is 0 Å². The third-order valence-electron chi connectivity index (χ3n) is 3.86. The molecule has 0 bridgehead atoms.